The minimum atomic E-state index is -3.59. The first-order chi connectivity index (χ1) is 10.5. The molecule has 120 valence electrons. The van der Waals surface area contributed by atoms with Crippen molar-refractivity contribution in [1.29, 1.82) is 0 Å². The van der Waals surface area contributed by atoms with Crippen LogP contribution in [0.25, 0.3) is 11.0 Å². The molecule has 1 saturated carbocycles. The van der Waals surface area contributed by atoms with E-state index in [1.165, 1.54) is 19.0 Å². The Hall–Kier alpha value is -1.44. The first kappa shape index (κ1) is 15.5. The Kier molecular flexibility index (Phi) is 4.20. The molecule has 1 aliphatic carbocycles. The zero-order valence-corrected chi connectivity index (χ0v) is 13.3. The Morgan fingerprint density at radius 1 is 1.27 bits per heavy atom. The molecular weight excluding hydrogens is 300 g/mol. The fraction of sp³-hybridized carbons (Fsp3) is 0.533. The molecule has 1 fully saturated rings. The van der Waals surface area contributed by atoms with Gasteiger partial charge in [0.25, 0.3) is 0 Å². The van der Waals surface area contributed by atoms with Crippen LogP contribution in [0, 0.1) is 0 Å². The second-order valence-corrected chi connectivity index (χ2v) is 7.89. The minimum Gasteiger partial charge on any atom is -0.345 e. The standard InChI is InChI=1S/C15H22N4O2S/c16-15(7-3-1-2-4-8-15)11-19-22(20,21)13-10-18-14-12(13)6-5-9-17-14/h5-6,9-10,19H,1-4,7-8,11,16H2,(H,17,18). The van der Waals surface area contributed by atoms with Crippen LogP contribution >= 0.6 is 0 Å². The van der Waals surface area contributed by atoms with E-state index in [9.17, 15) is 8.42 Å². The van der Waals surface area contributed by atoms with Gasteiger partial charge in [-0.3, -0.25) is 0 Å². The normalized spacial score (nSPS) is 19.1. The van der Waals surface area contributed by atoms with Crippen LogP contribution in [0.2, 0.25) is 0 Å². The van der Waals surface area contributed by atoms with Crippen molar-refractivity contribution in [3.8, 4) is 0 Å². The summed E-state index contributed by atoms with van der Waals surface area (Å²) in [4.78, 5) is 7.24. The molecule has 2 aromatic rings. The number of nitrogens with two attached hydrogens (primary N) is 1. The molecule has 0 amide bonds. The van der Waals surface area contributed by atoms with Gasteiger partial charge >= 0.3 is 0 Å². The summed E-state index contributed by atoms with van der Waals surface area (Å²) in [5, 5.41) is 0.599. The van der Waals surface area contributed by atoms with Gasteiger partial charge in [0, 0.05) is 29.9 Å². The number of nitrogens with one attached hydrogen (secondary N) is 2. The van der Waals surface area contributed by atoms with E-state index in [4.69, 9.17) is 5.73 Å². The summed E-state index contributed by atoms with van der Waals surface area (Å²) in [6.45, 7) is 0.280. The summed E-state index contributed by atoms with van der Waals surface area (Å²) >= 11 is 0. The molecule has 0 aliphatic heterocycles. The molecule has 6 nitrogen and oxygen atoms in total. The molecule has 2 aromatic heterocycles. The highest BCUT2D eigenvalue weighted by molar-refractivity contribution is 7.89. The lowest BCUT2D eigenvalue weighted by Crippen LogP contribution is -2.49. The molecule has 0 radical (unpaired) electrons. The number of aromatic nitrogens is 2. The third-order valence-electron chi connectivity index (χ3n) is 4.42. The first-order valence-electron chi connectivity index (χ1n) is 7.71. The highest BCUT2D eigenvalue weighted by atomic mass is 32.2. The maximum absolute atomic E-state index is 12.6. The molecule has 22 heavy (non-hydrogen) atoms. The zero-order chi connectivity index (χ0) is 15.6. The lowest BCUT2D eigenvalue weighted by atomic mass is 9.92. The molecule has 0 saturated heterocycles. The average molecular weight is 322 g/mol. The van der Waals surface area contributed by atoms with Crippen LogP contribution in [0.15, 0.2) is 29.4 Å². The SMILES string of the molecule is NC1(CNS(=O)(=O)c2c[nH]c3ncccc23)CCCCCC1. The maximum Gasteiger partial charge on any atom is 0.242 e. The van der Waals surface area contributed by atoms with E-state index in [-0.39, 0.29) is 11.4 Å². The van der Waals surface area contributed by atoms with Gasteiger partial charge in [-0.25, -0.2) is 18.1 Å². The number of hydrogen-bond donors (Lipinski definition) is 3. The van der Waals surface area contributed by atoms with E-state index >= 15 is 0 Å². The van der Waals surface area contributed by atoms with Gasteiger partial charge in [-0.05, 0) is 25.0 Å². The predicted octanol–water partition coefficient (Wildman–Crippen LogP) is 1.89. The van der Waals surface area contributed by atoms with Gasteiger partial charge in [0.15, 0.2) is 0 Å². The Balaban J connectivity index is 1.79. The monoisotopic (exact) mass is 322 g/mol. The minimum absolute atomic E-state index is 0.229. The van der Waals surface area contributed by atoms with Crippen LogP contribution in [0.4, 0.5) is 0 Å². The van der Waals surface area contributed by atoms with Crippen LogP contribution in [0.3, 0.4) is 0 Å². The van der Waals surface area contributed by atoms with E-state index in [1.807, 2.05) is 0 Å². The van der Waals surface area contributed by atoms with E-state index in [2.05, 4.69) is 14.7 Å². The topological polar surface area (TPSA) is 101 Å². The number of sulfonamides is 1. The summed E-state index contributed by atoms with van der Waals surface area (Å²) in [7, 11) is -3.59. The third-order valence-corrected chi connectivity index (χ3v) is 5.86. The molecule has 3 rings (SSSR count). The number of hydrogen-bond acceptors (Lipinski definition) is 4. The number of rotatable bonds is 4. The molecule has 0 aromatic carbocycles. The largest absolute Gasteiger partial charge is 0.345 e. The van der Waals surface area contributed by atoms with Crippen LogP contribution in [-0.2, 0) is 10.0 Å². The fourth-order valence-corrected chi connectivity index (χ4v) is 4.38. The highest BCUT2D eigenvalue weighted by Gasteiger charge is 2.29. The highest BCUT2D eigenvalue weighted by Crippen LogP contribution is 2.26. The maximum atomic E-state index is 12.6. The molecule has 0 atom stereocenters. The van der Waals surface area contributed by atoms with Crippen molar-refractivity contribution in [2.45, 2.75) is 49.0 Å². The number of fused-ring (bicyclic) bond motifs is 1. The quantitative estimate of drug-likeness (QED) is 0.748. The number of H-pyrrole nitrogens is 1. The van der Waals surface area contributed by atoms with Crippen molar-refractivity contribution in [3.05, 3.63) is 24.5 Å². The molecule has 0 spiro atoms. The number of nitrogens with zero attached hydrogens (tertiary/aromatic N) is 1. The molecule has 7 heteroatoms. The predicted molar refractivity (Wildman–Crippen MR) is 85.9 cm³/mol. The second-order valence-electron chi connectivity index (χ2n) is 6.15. The van der Waals surface area contributed by atoms with Gasteiger partial charge in [-0.1, -0.05) is 25.7 Å². The average Bonchev–Trinajstić information content (AvgIpc) is 2.83. The summed E-state index contributed by atoms with van der Waals surface area (Å²) in [6, 6.07) is 3.47. The molecule has 2 heterocycles. The van der Waals surface area contributed by atoms with Crippen molar-refractivity contribution in [2.75, 3.05) is 6.54 Å². The Morgan fingerprint density at radius 2 is 2.00 bits per heavy atom. The molecule has 0 bridgehead atoms. The van der Waals surface area contributed by atoms with Gasteiger partial charge in [-0.2, -0.15) is 0 Å². The van der Waals surface area contributed by atoms with Crippen LogP contribution in [0.5, 0.6) is 0 Å². The van der Waals surface area contributed by atoms with Gasteiger partial charge in [0.1, 0.15) is 10.5 Å². The van der Waals surface area contributed by atoms with Gasteiger partial charge < -0.3 is 10.7 Å². The van der Waals surface area contributed by atoms with Crippen molar-refractivity contribution in [2.24, 2.45) is 5.73 Å². The molecule has 1 aliphatic rings. The van der Waals surface area contributed by atoms with E-state index in [0.717, 1.165) is 25.7 Å². The van der Waals surface area contributed by atoms with Gasteiger partial charge in [0.2, 0.25) is 10.0 Å². The van der Waals surface area contributed by atoms with Gasteiger partial charge in [-0.15, -0.1) is 0 Å². The molecule has 4 N–H and O–H groups in total. The summed E-state index contributed by atoms with van der Waals surface area (Å²) in [5.74, 6) is 0. The number of aromatic amines is 1. The van der Waals surface area contributed by atoms with Crippen LogP contribution < -0.4 is 10.5 Å². The Bertz CT molecular complexity index is 746. The van der Waals surface area contributed by atoms with Gasteiger partial charge in [0.05, 0.1) is 0 Å². The third kappa shape index (κ3) is 3.16. The number of pyridine rings is 1. The lowest BCUT2D eigenvalue weighted by Gasteiger charge is -2.28. The lowest BCUT2D eigenvalue weighted by molar-refractivity contribution is 0.369. The summed E-state index contributed by atoms with van der Waals surface area (Å²) in [6.07, 6.45) is 9.33. The van der Waals surface area contributed by atoms with Crippen molar-refractivity contribution >= 4 is 21.1 Å². The zero-order valence-electron chi connectivity index (χ0n) is 12.5. The van der Waals surface area contributed by atoms with E-state index in [1.54, 1.807) is 18.3 Å². The second kappa shape index (κ2) is 5.98. The Labute approximate surface area is 130 Å². The smallest absolute Gasteiger partial charge is 0.242 e. The van der Waals surface area contributed by atoms with Crippen molar-refractivity contribution < 1.29 is 8.42 Å². The van der Waals surface area contributed by atoms with Crippen LogP contribution in [0.1, 0.15) is 38.5 Å². The van der Waals surface area contributed by atoms with E-state index in [0.29, 0.717) is 11.0 Å². The molecule has 0 unspecified atom stereocenters. The van der Waals surface area contributed by atoms with E-state index < -0.39 is 15.6 Å². The van der Waals surface area contributed by atoms with Crippen molar-refractivity contribution in [3.63, 3.8) is 0 Å². The van der Waals surface area contributed by atoms with Crippen molar-refractivity contribution in [1.82, 2.24) is 14.7 Å². The van der Waals surface area contributed by atoms with Crippen LogP contribution in [-0.4, -0.2) is 30.5 Å². The summed E-state index contributed by atoms with van der Waals surface area (Å²) in [5.41, 5.74) is 6.52. The molecular formula is C15H22N4O2S. The fourth-order valence-electron chi connectivity index (χ4n) is 3.08. The first-order valence-corrected chi connectivity index (χ1v) is 9.19. The summed E-state index contributed by atoms with van der Waals surface area (Å²) < 4.78 is 27.8. The Morgan fingerprint density at radius 3 is 2.73 bits per heavy atom.